The highest BCUT2D eigenvalue weighted by atomic mass is 19.4. The Morgan fingerprint density at radius 3 is 2.32 bits per heavy atom. The molecule has 0 aromatic heterocycles. The Kier molecular flexibility index (Phi) is 7.44. The van der Waals surface area contributed by atoms with E-state index >= 15 is 0 Å². The summed E-state index contributed by atoms with van der Waals surface area (Å²) in [4.78, 5) is 10.3. The molecule has 0 amide bonds. The van der Waals surface area contributed by atoms with Crippen LogP contribution in [0.3, 0.4) is 0 Å². The highest BCUT2D eigenvalue weighted by Gasteiger charge is 2.42. The lowest BCUT2D eigenvalue weighted by molar-refractivity contribution is -0.207. The van der Waals surface area contributed by atoms with Crippen LogP contribution < -0.4 is 0 Å². The molecule has 19 heavy (non-hydrogen) atoms. The number of carbonyl (C=O) groups is 1. The van der Waals surface area contributed by atoms with Gasteiger partial charge in [-0.15, -0.1) is 0 Å². The molecule has 0 spiro atoms. The molecule has 0 aromatic rings. The first kappa shape index (κ1) is 17.7. The van der Waals surface area contributed by atoms with Crippen LogP contribution in [0.4, 0.5) is 13.2 Å². The number of allylic oxidation sites excluding steroid dienone is 2. The number of carboxylic acids is 1. The molecule has 0 radical (unpaired) electrons. The fourth-order valence-electron chi connectivity index (χ4n) is 1.28. The SMILES string of the molecule is C/C=C(\C=C/C(C)C)C(OCCC(=O)O)C(F)(F)F. The molecular weight excluding hydrogens is 261 g/mol. The molecule has 0 aromatic carbocycles. The molecule has 0 rings (SSSR count). The Bertz CT molecular complexity index is 344. The van der Waals surface area contributed by atoms with E-state index in [0.717, 1.165) is 0 Å². The van der Waals surface area contributed by atoms with Gasteiger partial charge in [0.25, 0.3) is 0 Å². The number of alkyl halides is 3. The minimum Gasteiger partial charge on any atom is -0.481 e. The summed E-state index contributed by atoms with van der Waals surface area (Å²) >= 11 is 0. The largest absolute Gasteiger partial charge is 0.481 e. The van der Waals surface area contributed by atoms with Crippen LogP contribution in [0, 0.1) is 5.92 Å². The maximum Gasteiger partial charge on any atom is 0.418 e. The topological polar surface area (TPSA) is 46.5 Å². The van der Waals surface area contributed by atoms with E-state index in [1.165, 1.54) is 19.1 Å². The lowest BCUT2D eigenvalue weighted by Gasteiger charge is -2.21. The molecule has 6 heteroatoms. The van der Waals surface area contributed by atoms with Gasteiger partial charge in [0.05, 0.1) is 13.0 Å². The fraction of sp³-hybridized carbons (Fsp3) is 0.615. The summed E-state index contributed by atoms with van der Waals surface area (Å²) in [5.41, 5.74) is -0.0217. The number of carboxylic acid groups (broad SMARTS) is 1. The molecule has 1 atom stereocenters. The second-order valence-electron chi connectivity index (χ2n) is 4.33. The fourth-order valence-corrected chi connectivity index (χ4v) is 1.28. The van der Waals surface area contributed by atoms with E-state index in [1.807, 2.05) is 13.8 Å². The summed E-state index contributed by atoms with van der Waals surface area (Å²) in [7, 11) is 0. The molecule has 0 saturated heterocycles. The van der Waals surface area contributed by atoms with E-state index in [0.29, 0.717) is 0 Å². The molecule has 0 aliphatic heterocycles. The van der Waals surface area contributed by atoms with E-state index in [-0.39, 0.29) is 11.5 Å². The van der Waals surface area contributed by atoms with Crippen LogP contribution in [0.15, 0.2) is 23.8 Å². The van der Waals surface area contributed by atoms with Gasteiger partial charge >= 0.3 is 12.1 Å². The number of aliphatic carboxylic acids is 1. The van der Waals surface area contributed by atoms with Crippen molar-refractivity contribution in [3.05, 3.63) is 23.8 Å². The summed E-state index contributed by atoms with van der Waals surface area (Å²) < 4.78 is 43.3. The molecule has 0 aliphatic rings. The van der Waals surface area contributed by atoms with Crippen LogP contribution in [-0.2, 0) is 9.53 Å². The average Bonchev–Trinajstić information content (AvgIpc) is 2.25. The summed E-state index contributed by atoms with van der Waals surface area (Å²) in [6.45, 7) is 4.70. The predicted molar refractivity (Wildman–Crippen MR) is 65.8 cm³/mol. The molecule has 1 unspecified atom stereocenters. The van der Waals surface area contributed by atoms with E-state index < -0.39 is 31.3 Å². The monoisotopic (exact) mass is 280 g/mol. The van der Waals surface area contributed by atoms with Crippen molar-refractivity contribution in [1.82, 2.24) is 0 Å². The van der Waals surface area contributed by atoms with Gasteiger partial charge in [-0.25, -0.2) is 0 Å². The first-order chi connectivity index (χ1) is 8.68. The molecule has 0 fully saturated rings. The van der Waals surface area contributed by atoms with Crippen molar-refractivity contribution in [3.8, 4) is 0 Å². The van der Waals surface area contributed by atoms with Gasteiger partial charge in [-0.1, -0.05) is 32.1 Å². The summed E-state index contributed by atoms with van der Waals surface area (Å²) in [6.07, 6.45) is -2.80. The summed E-state index contributed by atoms with van der Waals surface area (Å²) in [5, 5.41) is 8.41. The summed E-state index contributed by atoms with van der Waals surface area (Å²) in [6, 6.07) is 0. The van der Waals surface area contributed by atoms with Crippen LogP contribution in [0.5, 0.6) is 0 Å². The van der Waals surface area contributed by atoms with Gasteiger partial charge in [0.15, 0.2) is 6.10 Å². The van der Waals surface area contributed by atoms with E-state index in [2.05, 4.69) is 4.74 Å². The maximum atomic E-state index is 12.9. The third-order valence-corrected chi connectivity index (χ3v) is 2.21. The van der Waals surface area contributed by atoms with Crippen molar-refractivity contribution in [1.29, 1.82) is 0 Å². The highest BCUT2D eigenvalue weighted by Crippen LogP contribution is 2.29. The third-order valence-electron chi connectivity index (χ3n) is 2.21. The van der Waals surface area contributed by atoms with Gasteiger partial charge in [0.2, 0.25) is 0 Å². The van der Waals surface area contributed by atoms with E-state index in [4.69, 9.17) is 5.11 Å². The van der Waals surface area contributed by atoms with Crippen LogP contribution in [-0.4, -0.2) is 30.0 Å². The average molecular weight is 280 g/mol. The molecule has 0 bridgehead atoms. The molecule has 110 valence electrons. The van der Waals surface area contributed by atoms with Crippen molar-refractivity contribution in [2.75, 3.05) is 6.61 Å². The zero-order valence-electron chi connectivity index (χ0n) is 11.2. The first-order valence-electron chi connectivity index (χ1n) is 5.93. The molecular formula is C13H19F3O3. The molecule has 0 saturated carbocycles. The van der Waals surface area contributed by atoms with Crippen LogP contribution in [0.25, 0.3) is 0 Å². The van der Waals surface area contributed by atoms with Gasteiger partial charge in [-0.3, -0.25) is 4.79 Å². The van der Waals surface area contributed by atoms with Crippen molar-refractivity contribution in [2.24, 2.45) is 5.92 Å². The lowest BCUT2D eigenvalue weighted by atomic mass is 10.1. The van der Waals surface area contributed by atoms with Gasteiger partial charge in [-0.2, -0.15) is 13.2 Å². The quantitative estimate of drug-likeness (QED) is 0.725. The molecule has 0 aliphatic carbocycles. The first-order valence-corrected chi connectivity index (χ1v) is 5.93. The van der Waals surface area contributed by atoms with Crippen LogP contribution >= 0.6 is 0 Å². The van der Waals surface area contributed by atoms with Crippen LogP contribution in [0.2, 0.25) is 0 Å². The minimum absolute atomic E-state index is 0.0217. The standard InChI is InChI=1S/C13H19F3O3/c1-4-10(6-5-9(2)3)12(13(14,15)16)19-8-7-11(17)18/h4-6,9,12H,7-8H2,1-3H3,(H,17,18)/b6-5-,10-4+. The normalized spacial score (nSPS) is 15.2. The van der Waals surface area contributed by atoms with Crippen molar-refractivity contribution >= 4 is 5.97 Å². The Balaban J connectivity index is 4.87. The number of halogens is 3. The Morgan fingerprint density at radius 1 is 1.37 bits per heavy atom. The number of hydrogen-bond acceptors (Lipinski definition) is 2. The Morgan fingerprint density at radius 2 is 1.95 bits per heavy atom. The zero-order chi connectivity index (χ0) is 15.1. The Hall–Kier alpha value is -1.30. The number of rotatable bonds is 7. The van der Waals surface area contributed by atoms with Gasteiger partial charge in [0.1, 0.15) is 0 Å². The van der Waals surface area contributed by atoms with Gasteiger partial charge < -0.3 is 9.84 Å². The van der Waals surface area contributed by atoms with Gasteiger partial charge in [0, 0.05) is 0 Å². The molecule has 0 heterocycles. The minimum atomic E-state index is -4.57. The van der Waals surface area contributed by atoms with E-state index in [1.54, 1.807) is 6.08 Å². The zero-order valence-corrected chi connectivity index (χ0v) is 11.2. The van der Waals surface area contributed by atoms with Crippen molar-refractivity contribution < 1.29 is 27.8 Å². The van der Waals surface area contributed by atoms with Crippen molar-refractivity contribution in [2.45, 2.75) is 39.5 Å². The maximum absolute atomic E-state index is 12.9. The smallest absolute Gasteiger partial charge is 0.418 e. The van der Waals surface area contributed by atoms with Gasteiger partial charge in [-0.05, 0) is 18.4 Å². The molecule has 3 nitrogen and oxygen atoms in total. The summed E-state index contributed by atoms with van der Waals surface area (Å²) in [5.74, 6) is -1.08. The van der Waals surface area contributed by atoms with E-state index in [9.17, 15) is 18.0 Å². The highest BCUT2D eigenvalue weighted by molar-refractivity contribution is 5.66. The molecule has 1 N–H and O–H groups in total. The second-order valence-corrected chi connectivity index (χ2v) is 4.33. The second kappa shape index (κ2) is 7.99. The van der Waals surface area contributed by atoms with Crippen molar-refractivity contribution in [3.63, 3.8) is 0 Å². The predicted octanol–water partition coefficient (Wildman–Crippen LogP) is 3.57. The number of ether oxygens (including phenoxy) is 1. The van der Waals surface area contributed by atoms with Crippen LogP contribution in [0.1, 0.15) is 27.2 Å². The number of hydrogen-bond donors (Lipinski definition) is 1. The lowest BCUT2D eigenvalue weighted by Crippen LogP contribution is -2.33. The third kappa shape index (κ3) is 7.66. The Labute approximate surface area is 110 Å².